The number of hydrogen-bond acceptors (Lipinski definition) is 7. The number of benzene rings is 2. The van der Waals surface area contributed by atoms with E-state index in [-0.39, 0.29) is 37.4 Å². The van der Waals surface area contributed by atoms with Crippen LogP contribution in [0.25, 0.3) is 0 Å². The second-order valence-electron chi connectivity index (χ2n) is 7.91. The lowest BCUT2D eigenvalue weighted by Crippen LogP contribution is -2.65. The first kappa shape index (κ1) is 27.5. The number of esters is 2. The Balaban J connectivity index is 2.68. The fourth-order valence-electron chi connectivity index (χ4n) is 3.70. The van der Waals surface area contributed by atoms with Gasteiger partial charge < -0.3 is 19.9 Å². The molecule has 0 heterocycles. The van der Waals surface area contributed by atoms with Gasteiger partial charge >= 0.3 is 11.9 Å². The van der Waals surface area contributed by atoms with Crippen molar-refractivity contribution in [3.63, 3.8) is 0 Å². The summed E-state index contributed by atoms with van der Waals surface area (Å²) in [6.07, 6.45) is 1.21. The quantitative estimate of drug-likeness (QED) is 0.270. The number of phenols is 1. The van der Waals surface area contributed by atoms with Crippen molar-refractivity contribution in [3.8, 4) is 5.75 Å². The van der Waals surface area contributed by atoms with Gasteiger partial charge in [-0.15, -0.1) is 6.58 Å². The summed E-state index contributed by atoms with van der Waals surface area (Å²) >= 11 is 0. The monoisotopic (exact) mass is 486 g/mol. The van der Waals surface area contributed by atoms with Crippen LogP contribution in [-0.2, 0) is 36.9 Å². The van der Waals surface area contributed by atoms with E-state index in [2.05, 4.69) is 11.9 Å². The molecule has 0 bridgehead atoms. The third kappa shape index (κ3) is 6.66. The number of nitrogens with one attached hydrogen (secondary N) is 1. The number of rotatable bonds is 12. The summed E-state index contributed by atoms with van der Waals surface area (Å²) in [6.45, 7) is 6.60. The molecular weight excluding hydrogens is 455 g/mol. The molecule has 0 aliphatic carbocycles. The van der Waals surface area contributed by atoms with Crippen molar-refractivity contribution in [3.05, 3.63) is 78.1 Å². The minimum absolute atomic E-state index is 0.0120. The summed E-state index contributed by atoms with van der Waals surface area (Å²) in [4.78, 5) is 40.7. The van der Waals surface area contributed by atoms with Crippen LogP contribution in [0.1, 0.15) is 31.4 Å². The summed E-state index contributed by atoms with van der Waals surface area (Å²) in [5.41, 5.74) is -1.09. The Hall–Kier alpha value is -3.72. The number of amides is 1. The van der Waals surface area contributed by atoms with E-state index in [0.29, 0.717) is 0 Å². The molecule has 9 heteroatoms. The molecule has 0 unspecified atom stereocenters. The van der Waals surface area contributed by atoms with Crippen molar-refractivity contribution in [2.75, 3.05) is 13.7 Å². The van der Waals surface area contributed by atoms with Crippen molar-refractivity contribution < 1.29 is 33.4 Å². The van der Waals surface area contributed by atoms with Crippen LogP contribution in [0.15, 0.2) is 61.2 Å². The number of carbonyl (C=O) groups excluding carboxylic acids is 3. The zero-order valence-electron chi connectivity index (χ0n) is 20.1. The highest BCUT2D eigenvalue weighted by atomic mass is 19.1. The summed E-state index contributed by atoms with van der Waals surface area (Å²) in [5, 5.41) is 12.9. The largest absolute Gasteiger partial charge is 0.508 e. The predicted octanol–water partition coefficient (Wildman–Crippen LogP) is 3.09. The zero-order valence-corrected chi connectivity index (χ0v) is 20.1. The molecule has 2 aromatic carbocycles. The first-order chi connectivity index (χ1) is 16.7. The van der Waals surface area contributed by atoms with Crippen LogP contribution in [0, 0.1) is 5.82 Å². The van der Waals surface area contributed by atoms with Gasteiger partial charge in [0.2, 0.25) is 5.54 Å². The number of halogens is 1. The maximum atomic E-state index is 14.0. The second-order valence-corrected chi connectivity index (χ2v) is 7.91. The number of ether oxygens (including phenoxy) is 2. The molecule has 2 atom stereocenters. The molecule has 0 aliphatic heterocycles. The molecule has 0 spiro atoms. The number of phenolic OH excluding ortho intramolecular Hbond substituents is 1. The van der Waals surface area contributed by atoms with Gasteiger partial charge in [0, 0.05) is 25.1 Å². The highest BCUT2D eigenvalue weighted by molar-refractivity contribution is 6.08. The molecule has 0 fully saturated rings. The molecule has 0 radical (unpaired) electrons. The number of aromatic hydroxyl groups is 1. The summed E-state index contributed by atoms with van der Waals surface area (Å²) in [6, 6.07) is 11.4. The van der Waals surface area contributed by atoms with Crippen molar-refractivity contribution in [1.29, 1.82) is 0 Å². The molecular formula is C26H31FN2O6. The third-order valence-electron chi connectivity index (χ3n) is 5.49. The number of methoxy groups -OCH3 is 1. The van der Waals surface area contributed by atoms with E-state index >= 15 is 0 Å². The lowest BCUT2D eigenvalue weighted by Gasteiger charge is -2.40. The van der Waals surface area contributed by atoms with E-state index in [4.69, 9.17) is 9.47 Å². The van der Waals surface area contributed by atoms with E-state index in [1.54, 1.807) is 31.2 Å². The van der Waals surface area contributed by atoms with Crippen LogP contribution in [0.5, 0.6) is 5.75 Å². The van der Waals surface area contributed by atoms with Gasteiger partial charge in [0.1, 0.15) is 17.6 Å². The molecule has 1 amide bonds. The van der Waals surface area contributed by atoms with Crippen LogP contribution >= 0.6 is 0 Å². The number of carbonyl (C=O) groups is 3. The van der Waals surface area contributed by atoms with Gasteiger partial charge in [0.05, 0.1) is 13.7 Å². The smallest absolute Gasteiger partial charge is 0.336 e. The molecule has 8 nitrogen and oxygen atoms in total. The third-order valence-corrected chi connectivity index (χ3v) is 5.49. The maximum absolute atomic E-state index is 14.0. The van der Waals surface area contributed by atoms with Crippen LogP contribution in [-0.4, -0.2) is 53.1 Å². The van der Waals surface area contributed by atoms with E-state index in [9.17, 15) is 23.9 Å². The van der Waals surface area contributed by atoms with Crippen molar-refractivity contribution in [1.82, 2.24) is 10.2 Å². The van der Waals surface area contributed by atoms with Crippen LogP contribution in [0.3, 0.4) is 0 Å². The molecule has 35 heavy (non-hydrogen) atoms. The van der Waals surface area contributed by atoms with Crippen LogP contribution < -0.4 is 5.32 Å². The SMILES string of the molecule is C=CC[C@](C(=O)N[C@@H](C)C(=O)OC)(C(=O)OCC)N(Cc1ccccc1)Cc1cc(F)ccc1O. The van der Waals surface area contributed by atoms with Gasteiger partial charge in [-0.3, -0.25) is 9.69 Å². The topological polar surface area (TPSA) is 105 Å². The normalized spacial score (nSPS) is 13.4. The van der Waals surface area contributed by atoms with Gasteiger partial charge in [-0.2, -0.15) is 0 Å². The number of hydrogen-bond donors (Lipinski definition) is 2. The predicted molar refractivity (Wildman–Crippen MR) is 128 cm³/mol. The van der Waals surface area contributed by atoms with E-state index in [1.165, 1.54) is 31.1 Å². The Bertz CT molecular complexity index is 1050. The number of nitrogens with zero attached hydrogens (tertiary/aromatic N) is 1. The van der Waals surface area contributed by atoms with Crippen molar-refractivity contribution in [2.24, 2.45) is 0 Å². The molecule has 2 aromatic rings. The van der Waals surface area contributed by atoms with Crippen LogP contribution in [0.2, 0.25) is 0 Å². The highest BCUT2D eigenvalue weighted by Gasteiger charge is 2.52. The van der Waals surface area contributed by atoms with Gasteiger partial charge in [0.15, 0.2) is 0 Å². The van der Waals surface area contributed by atoms with E-state index in [0.717, 1.165) is 17.7 Å². The summed E-state index contributed by atoms with van der Waals surface area (Å²) in [5.74, 6) is -3.19. The van der Waals surface area contributed by atoms with Gasteiger partial charge in [-0.1, -0.05) is 36.4 Å². The average Bonchev–Trinajstić information content (AvgIpc) is 2.84. The Morgan fingerprint density at radius 1 is 1.20 bits per heavy atom. The van der Waals surface area contributed by atoms with Gasteiger partial charge in [-0.05, 0) is 37.6 Å². The fourth-order valence-corrected chi connectivity index (χ4v) is 3.70. The Kier molecular flexibility index (Phi) is 9.96. The molecule has 188 valence electrons. The Morgan fingerprint density at radius 3 is 2.49 bits per heavy atom. The first-order valence-corrected chi connectivity index (χ1v) is 11.1. The lowest BCUT2D eigenvalue weighted by molar-refractivity contribution is -0.166. The standard InChI is InChI=1S/C26H31FN2O6/c1-5-14-26(25(33)35-6-2,24(32)28-18(3)23(31)34-4)29(16-19-10-8-7-9-11-19)17-20-15-21(27)12-13-22(20)30/h5,7-13,15,18,30H,1,6,14,16-17H2,2-4H3,(H,28,32)/t18-,26-/m0/s1. The lowest BCUT2D eigenvalue weighted by atomic mass is 9.89. The molecule has 2 N–H and O–H groups in total. The van der Waals surface area contributed by atoms with Gasteiger partial charge in [-0.25, -0.2) is 14.0 Å². The minimum Gasteiger partial charge on any atom is -0.508 e. The van der Waals surface area contributed by atoms with E-state index in [1.807, 2.05) is 6.07 Å². The average molecular weight is 487 g/mol. The molecule has 0 aromatic heterocycles. The molecule has 2 rings (SSSR count). The molecule has 0 aliphatic rings. The summed E-state index contributed by atoms with van der Waals surface area (Å²) in [7, 11) is 1.18. The molecule has 0 saturated heterocycles. The van der Waals surface area contributed by atoms with Crippen molar-refractivity contribution in [2.45, 2.75) is 44.9 Å². The molecule has 0 saturated carbocycles. The highest BCUT2D eigenvalue weighted by Crippen LogP contribution is 2.31. The zero-order chi connectivity index (χ0) is 26.0. The fraction of sp³-hybridized carbons (Fsp3) is 0.346. The summed E-state index contributed by atoms with van der Waals surface area (Å²) < 4.78 is 24.1. The minimum atomic E-state index is -1.99. The Morgan fingerprint density at radius 2 is 1.89 bits per heavy atom. The van der Waals surface area contributed by atoms with Gasteiger partial charge in [0.25, 0.3) is 5.91 Å². The second kappa shape index (κ2) is 12.7. The first-order valence-electron chi connectivity index (χ1n) is 11.1. The maximum Gasteiger partial charge on any atom is 0.336 e. The Labute approximate surface area is 204 Å². The van der Waals surface area contributed by atoms with Crippen LogP contribution in [0.4, 0.5) is 4.39 Å². The van der Waals surface area contributed by atoms with E-state index < -0.39 is 35.2 Å². The van der Waals surface area contributed by atoms with Crippen molar-refractivity contribution >= 4 is 17.8 Å².